The van der Waals surface area contributed by atoms with E-state index in [2.05, 4.69) is 0 Å². The third-order valence-electron chi connectivity index (χ3n) is 4.40. The highest BCUT2D eigenvalue weighted by Gasteiger charge is 2.53. The molecule has 2 N–H and O–H groups in total. The lowest BCUT2D eigenvalue weighted by Crippen LogP contribution is -2.54. The van der Waals surface area contributed by atoms with Gasteiger partial charge in [0.1, 0.15) is 11.5 Å². The van der Waals surface area contributed by atoms with E-state index in [4.69, 9.17) is 13.7 Å². The number of hydrogen-bond acceptors (Lipinski definition) is 4. The lowest BCUT2D eigenvalue weighted by Gasteiger charge is -2.43. The summed E-state index contributed by atoms with van der Waals surface area (Å²) in [6.07, 6.45) is 0. The van der Waals surface area contributed by atoms with Gasteiger partial charge in [0.05, 0.1) is 0 Å². The largest absolute Gasteiger partial charge is 0.540 e. The molecule has 0 amide bonds. The zero-order valence-electron chi connectivity index (χ0n) is 15.0. The molecule has 0 fully saturated rings. The van der Waals surface area contributed by atoms with Gasteiger partial charge in [0.15, 0.2) is 0 Å². The van der Waals surface area contributed by atoms with E-state index in [0.717, 1.165) is 5.56 Å². The van der Waals surface area contributed by atoms with Crippen molar-refractivity contribution in [2.24, 2.45) is 5.14 Å². The highest BCUT2D eigenvalue weighted by Crippen LogP contribution is 2.46. The van der Waals surface area contributed by atoms with E-state index < -0.39 is 24.3 Å². The summed E-state index contributed by atoms with van der Waals surface area (Å²) < 4.78 is 35.3. The molecule has 0 bridgehead atoms. The second-order valence-corrected chi connectivity index (χ2v) is 12.8. The topological polar surface area (TPSA) is 78.6 Å². The van der Waals surface area contributed by atoms with Crippen molar-refractivity contribution in [3.8, 4) is 5.75 Å². The van der Waals surface area contributed by atoms with Gasteiger partial charge in [0.2, 0.25) is 0 Å². The summed E-state index contributed by atoms with van der Waals surface area (Å²) in [6.45, 7) is 8.07. The molecule has 5 nitrogen and oxygen atoms in total. The summed E-state index contributed by atoms with van der Waals surface area (Å²) in [4.78, 5) is 0. The van der Waals surface area contributed by atoms with Gasteiger partial charge in [-0.25, -0.2) is 9.32 Å². The summed E-state index contributed by atoms with van der Waals surface area (Å²) in [7, 11) is -7.01. The molecule has 2 aromatic carbocycles. The minimum atomic E-state index is -4.15. The molecule has 25 heavy (non-hydrogen) atoms. The second kappa shape index (κ2) is 7.29. The molecule has 0 saturated carbocycles. The van der Waals surface area contributed by atoms with Crippen molar-refractivity contribution in [1.29, 1.82) is 0 Å². The molecule has 2 atom stereocenters. The maximum absolute atomic E-state index is 11.8. The molecular formula is C18H25NO4SSi. The average molecular weight is 380 g/mol. The minimum absolute atomic E-state index is 0.325. The highest BCUT2D eigenvalue weighted by atomic mass is 32.2. The monoisotopic (exact) mass is 379 g/mol. The van der Waals surface area contributed by atoms with Crippen molar-refractivity contribution in [3.63, 3.8) is 0 Å². The molecule has 0 saturated heterocycles. The Balaban J connectivity index is 2.57. The first-order valence-corrected chi connectivity index (χ1v) is 12.0. The van der Waals surface area contributed by atoms with Crippen LogP contribution >= 0.6 is 0 Å². The Morgan fingerprint density at radius 1 is 0.960 bits per heavy atom. The fourth-order valence-corrected chi connectivity index (χ4v) is 6.73. The van der Waals surface area contributed by atoms with Crippen molar-refractivity contribution < 1.29 is 17.0 Å². The van der Waals surface area contributed by atoms with E-state index in [9.17, 15) is 8.42 Å². The fourth-order valence-electron chi connectivity index (χ4n) is 2.56. The van der Waals surface area contributed by atoms with E-state index >= 15 is 0 Å². The molecule has 0 aliphatic heterocycles. The number of rotatable bonds is 6. The van der Waals surface area contributed by atoms with Crippen LogP contribution in [0.5, 0.6) is 5.75 Å². The molecule has 136 valence electrons. The molecule has 7 heteroatoms. The van der Waals surface area contributed by atoms with Gasteiger partial charge in [0, 0.05) is 0 Å². The molecule has 2 rings (SSSR count). The molecule has 0 aliphatic rings. The van der Waals surface area contributed by atoms with E-state index in [1.807, 2.05) is 88.0 Å². The van der Waals surface area contributed by atoms with E-state index in [-0.39, 0.29) is 5.04 Å². The Kier molecular flexibility index (Phi) is 5.73. The Morgan fingerprint density at radius 2 is 1.44 bits per heavy atom. The zero-order chi connectivity index (χ0) is 18.7. The first-order valence-electron chi connectivity index (χ1n) is 8.03. The van der Waals surface area contributed by atoms with Crippen LogP contribution in [0, 0.1) is 0 Å². The lowest BCUT2D eigenvalue weighted by atomic mass is 10.2. The van der Waals surface area contributed by atoms with Crippen molar-refractivity contribution >= 4 is 18.6 Å². The smallest absolute Gasteiger partial charge is 0.333 e. The first kappa shape index (κ1) is 19.6. The maximum atomic E-state index is 11.8. The average Bonchev–Trinajstić information content (AvgIpc) is 2.52. The van der Waals surface area contributed by atoms with Gasteiger partial charge in [-0.3, -0.25) is 0 Å². The molecule has 0 aromatic heterocycles. The Labute approximate surface area is 151 Å². The molecule has 0 radical (unpaired) electrons. The summed E-state index contributed by atoms with van der Waals surface area (Å²) in [5.74, 6) is 0.686. The number of hydrogen-bond donors (Lipinski definition) is 1. The molecule has 0 spiro atoms. The number of benzene rings is 2. The van der Waals surface area contributed by atoms with E-state index in [1.165, 1.54) is 0 Å². The van der Waals surface area contributed by atoms with Gasteiger partial charge in [0.25, 0.3) is 8.32 Å². The third-order valence-corrected chi connectivity index (χ3v) is 10.1. The predicted octanol–water partition coefficient (Wildman–Crippen LogP) is 3.94. The normalized spacial score (nSPS) is 16.0. The van der Waals surface area contributed by atoms with Gasteiger partial charge in [-0.2, -0.15) is 8.42 Å². The van der Waals surface area contributed by atoms with Crippen LogP contribution in [0.15, 0.2) is 60.7 Å². The van der Waals surface area contributed by atoms with Gasteiger partial charge >= 0.3 is 10.3 Å². The molecule has 0 aliphatic carbocycles. The number of nitrogens with two attached hydrogens (primary N) is 1. The van der Waals surface area contributed by atoms with Crippen molar-refractivity contribution in [3.05, 3.63) is 66.2 Å². The Morgan fingerprint density at radius 3 is 1.88 bits per heavy atom. The zero-order valence-corrected chi connectivity index (χ0v) is 16.8. The first-order chi connectivity index (χ1) is 11.5. The van der Waals surface area contributed by atoms with E-state index in [1.54, 1.807) is 0 Å². The van der Waals surface area contributed by atoms with Crippen LogP contribution in [0.4, 0.5) is 0 Å². The molecule has 0 heterocycles. The summed E-state index contributed by atoms with van der Waals surface area (Å²) in [6, 6.07) is 18.6. The quantitative estimate of drug-likeness (QED) is 0.771. The van der Waals surface area contributed by atoms with Gasteiger partial charge in [-0.05, 0) is 29.3 Å². The third kappa shape index (κ3) is 4.91. The van der Waals surface area contributed by atoms with Gasteiger partial charge < -0.3 is 4.43 Å². The van der Waals surface area contributed by atoms with Crippen LogP contribution in [0.1, 0.15) is 32.1 Å². The van der Waals surface area contributed by atoms with Crippen LogP contribution in [0.2, 0.25) is 11.6 Å². The van der Waals surface area contributed by atoms with Crippen LogP contribution in [-0.2, 0) is 14.5 Å². The van der Waals surface area contributed by atoms with Gasteiger partial charge in [-0.15, -0.1) is 0 Å². The SMILES string of the molecule is CC(C)(C)[Si](C)(Oc1ccccc1)C(OS(N)(=O)=O)c1ccccc1. The summed E-state index contributed by atoms with van der Waals surface area (Å²) >= 11 is 0. The highest BCUT2D eigenvalue weighted by molar-refractivity contribution is 7.84. The molecular weight excluding hydrogens is 354 g/mol. The molecule has 2 aromatic rings. The maximum Gasteiger partial charge on any atom is 0.333 e. The van der Waals surface area contributed by atoms with Gasteiger partial charge in [-0.1, -0.05) is 69.3 Å². The molecule has 2 unspecified atom stereocenters. The predicted molar refractivity (Wildman–Crippen MR) is 102 cm³/mol. The minimum Gasteiger partial charge on any atom is -0.540 e. The Hall–Kier alpha value is -1.67. The van der Waals surface area contributed by atoms with E-state index in [0.29, 0.717) is 5.75 Å². The van der Waals surface area contributed by atoms with Crippen LogP contribution in [-0.4, -0.2) is 16.7 Å². The van der Waals surface area contributed by atoms with Crippen LogP contribution in [0.3, 0.4) is 0 Å². The summed E-state index contributed by atoms with van der Waals surface area (Å²) in [5.41, 5.74) is -0.0412. The fraction of sp³-hybridized carbons (Fsp3) is 0.333. The Bertz CT molecular complexity index is 791. The number of para-hydroxylation sites is 1. The standard InChI is InChI=1S/C18H25NO4SSi/c1-18(2,3)25(4,23-16-13-9-6-10-14-16)17(22-24(19,20)21)15-11-7-5-8-12-15/h5-14,17H,1-4H3,(H2,19,20,21). The van der Waals surface area contributed by atoms with Crippen molar-refractivity contribution in [2.45, 2.75) is 38.1 Å². The van der Waals surface area contributed by atoms with Crippen LogP contribution < -0.4 is 9.56 Å². The lowest BCUT2D eigenvalue weighted by molar-refractivity contribution is 0.247. The van der Waals surface area contributed by atoms with Crippen molar-refractivity contribution in [1.82, 2.24) is 0 Å². The second-order valence-electron chi connectivity index (χ2n) is 7.15. The summed E-state index contributed by atoms with van der Waals surface area (Å²) in [5, 5.41) is 4.90. The van der Waals surface area contributed by atoms with Crippen LogP contribution in [0.25, 0.3) is 0 Å². The van der Waals surface area contributed by atoms with Crippen molar-refractivity contribution in [2.75, 3.05) is 0 Å².